The summed E-state index contributed by atoms with van der Waals surface area (Å²) in [5, 5.41) is 0. The highest BCUT2D eigenvalue weighted by Gasteiger charge is 2.20. The van der Waals surface area contributed by atoms with Crippen LogP contribution in [0, 0.1) is 5.92 Å². The quantitative estimate of drug-likeness (QED) is 0.929. The molecule has 1 aromatic rings. The van der Waals surface area contributed by atoms with Gasteiger partial charge in [0.1, 0.15) is 0 Å². The van der Waals surface area contributed by atoms with Crippen molar-refractivity contribution in [1.82, 2.24) is 4.90 Å². The van der Waals surface area contributed by atoms with E-state index < -0.39 is 0 Å². The largest absolute Gasteiger partial charge is 0.490 e. The number of likely N-dealkylation sites (tertiary alicyclic amines) is 1. The van der Waals surface area contributed by atoms with Crippen LogP contribution in [0.15, 0.2) is 18.2 Å². The van der Waals surface area contributed by atoms with Crippen molar-refractivity contribution >= 4 is 0 Å². The molecular formula is C17H26N2O2. The average Bonchev–Trinajstić information content (AvgIpc) is 2.71. The predicted octanol–water partition coefficient (Wildman–Crippen LogP) is 2.58. The monoisotopic (exact) mass is 290 g/mol. The topological polar surface area (TPSA) is 47.7 Å². The van der Waals surface area contributed by atoms with Gasteiger partial charge in [-0.25, -0.2) is 0 Å². The lowest BCUT2D eigenvalue weighted by molar-refractivity contribution is 0.174. The molecule has 2 N–H and O–H groups in total. The Balaban J connectivity index is 1.66. The van der Waals surface area contributed by atoms with E-state index in [1.807, 2.05) is 6.07 Å². The minimum atomic E-state index is 0.0347. The Hall–Kier alpha value is -1.26. The van der Waals surface area contributed by atoms with Crippen LogP contribution in [0.4, 0.5) is 0 Å². The average molecular weight is 290 g/mol. The first-order chi connectivity index (χ1) is 10.2. The second-order valence-electron chi connectivity index (χ2n) is 6.37. The zero-order valence-electron chi connectivity index (χ0n) is 12.9. The molecule has 0 aromatic heterocycles. The zero-order chi connectivity index (χ0) is 14.7. The summed E-state index contributed by atoms with van der Waals surface area (Å²) in [6.07, 6.45) is 3.56. The van der Waals surface area contributed by atoms with Gasteiger partial charge in [-0.2, -0.15) is 0 Å². The van der Waals surface area contributed by atoms with E-state index >= 15 is 0 Å². The van der Waals surface area contributed by atoms with Crippen LogP contribution in [0.1, 0.15) is 37.8 Å². The third-order valence-electron chi connectivity index (χ3n) is 4.40. The number of ether oxygens (including phenoxy) is 2. The molecule has 3 rings (SSSR count). The number of fused-ring (bicyclic) bond motifs is 1. The van der Waals surface area contributed by atoms with Gasteiger partial charge in [-0.3, -0.25) is 0 Å². The molecule has 21 heavy (non-hydrogen) atoms. The molecule has 2 aliphatic rings. The van der Waals surface area contributed by atoms with Crippen LogP contribution in [-0.2, 0) is 0 Å². The molecular weight excluding hydrogens is 264 g/mol. The van der Waals surface area contributed by atoms with E-state index in [0.29, 0.717) is 0 Å². The summed E-state index contributed by atoms with van der Waals surface area (Å²) in [5.41, 5.74) is 7.54. The van der Waals surface area contributed by atoms with Crippen molar-refractivity contribution in [3.05, 3.63) is 23.8 Å². The Labute approximate surface area is 127 Å². The van der Waals surface area contributed by atoms with Crippen LogP contribution >= 0.6 is 0 Å². The van der Waals surface area contributed by atoms with Crippen molar-refractivity contribution in [2.75, 3.05) is 32.8 Å². The van der Waals surface area contributed by atoms with Crippen LogP contribution in [0.3, 0.4) is 0 Å². The molecule has 2 aliphatic heterocycles. The lowest BCUT2D eigenvalue weighted by Crippen LogP contribution is -2.39. The molecule has 2 unspecified atom stereocenters. The smallest absolute Gasteiger partial charge is 0.161 e. The summed E-state index contributed by atoms with van der Waals surface area (Å²) < 4.78 is 11.4. The van der Waals surface area contributed by atoms with Gasteiger partial charge in [0.2, 0.25) is 0 Å². The van der Waals surface area contributed by atoms with Gasteiger partial charge in [-0.1, -0.05) is 13.0 Å². The molecule has 0 bridgehead atoms. The number of rotatable bonds is 3. The molecule has 4 nitrogen and oxygen atoms in total. The molecule has 2 heterocycles. The SMILES string of the molecule is CC1CCCN(CC(N)c2ccc3c(c2)OCCCO3)C1. The first-order valence-corrected chi connectivity index (χ1v) is 8.10. The summed E-state index contributed by atoms with van der Waals surface area (Å²) >= 11 is 0. The van der Waals surface area contributed by atoms with E-state index in [1.54, 1.807) is 0 Å². The first kappa shape index (κ1) is 14.7. The molecule has 116 valence electrons. The van der Waals surface area contributed by atoms with Gasteiger partial charge in [0.15, 0.2) is 11.5 Å². The molecule has 0 aliphatic carbocycles. The third-order valence-corrected chi connectivity index (χ3v) is 4.40. The maximum atomic E-state index is 6.41. The molecule has 1 fully saturated rings. The summed E-state index contributed by atoms with van der Waals surface area (Å²) in [6.45, 7) is 7.02. The lowest BCUT2D eigenvalue weighted by atomic mass is 9.99. The lowest BCUT2D eigenvalue weighted by Gasteiger charge is -2.32. The highest BCUT2D eigenvalue weighted by molar-refractivity contribution is 5.44. The summed E-state index contributed by atoms with van der Waals surface area (Å²) in [7, 11) is 0. The molecule has 1 aromatic carbocycles. The van der Waals surface area contributed by atoms with Crippen molar-refractivity contribution in [2.24, 2.45) is 11.7 Å². The Morgan fingerprint density at radius 2 is 2.05 bits per heavy atom. The predicted molar refractivity (Wildman–Crippen MR) is 83.8 cm³/mol. The highest BCUT2D eigenvalue weighted by Crippen LogP contribution is 2.32. The van der Waals surface area contributed by atoms with E-state index in [-0.39, 0.29) is 6.04 Å². The fourth-order valence-corrected chi connectivity index (χ4v) is 3.25. The van der Waals surface area contributed by atoms with Crippen LogP contribution in [0.5, 0.6) is 11.5 Å². The van der Waals surface area contributed by atoms with Gasteiger partial charge in [0.25, 0.3) is 0 Å². The Kier molecular flexibility index (Phi) is 4.66. The van der Waals surface area contributed by atoms with E-state index in [2.05, 4.69) is 24.0 Å². The summed E-state index contributed by atoms with van der Waals surface area (Å²) in [6, 6.07) is 6.16. The van der Waals surface area contributed by atoms with Crippen molar-refractivity contribution in [3.8, 4) is 11.5 Å². The third kappa shape index (κ3) is 3.69. The van der Waals surface area contributed by atoms with Gasteiger partial charge in [0.05, 0.1) is 13.2 Å². The molecule has 0 saturated carbocycles. The number of benzene rings is 1. The maximum Gasteiger partial charge on any atom is 0.161 e. The number of piperidine rings is 1. The number of hydrogen-bond acceptors (Lipinski definition) is 4. The normalized spacial score (nSPS) is 24.4. The van der Waals surface area contributed by atoms with Crippen LogP contribution in [0.2, 0.25) is 0 Å². The zero-order valence-corrected chi connectivity index (χ0v) is 12.9. The van der Waals surface area contributed by atoms with Crippen LogP contribution in [0.25, 0.3) is 0 Å². The molecule has 0 spiro atoms. The Morgan fingerprint density at radius 3 is 2.86 bits per heavy atom. The van der Waals surface area contributed by atoms with Crippen LogP contribution in [-0.4, -0.2) is 37.7 Å². The first-order valence-electron chi connectivity index (χ1n) is 8.10. The minimum absolute atomic E-state index is 0.0347. The second-order valence-corrected chi connectivity index (χ2v) is 6.37. The van der Waals surface area contributed by atoms with Gasteiger partial charge in [-0.05, 0) is 43.0 Å². The molecule has 0 amide bonds. The fraction of sp³-hybridized carbons (Fsp3) is 0.647. The van der Waals surface area contributed by atoms with E-state index in [4.69, 9.17) is 15.2 Å². The minimum Gasteiger partial charge on any atom is -0.490 e. The second kappa shape index (κ2) is 6.67. The van der Waals surface area contributed by atoms with E-state index in [9.17, 15) is 0 Å². The summed E-state index contributed by atoms with van der Waals surface area (Å²) in [4.78, 5) is 2.49. The van der Waals surface area contributed by atoms with E-state index in [0.717, 1.165) is 55.7 Å². The van der Waals surface area contributed by atoms with Crippen molar-refractivity contribution in [1.29, 1.82) is 0 Å². The Bertz CT molecular complexity index is 478. The Morgan fingerprint density at radius 1 is 1.24 bits per heavy atom. The van der Waals surface area contributed by atoms with Gasteiger partial charge in [-0.15, -0.1) is 0 Å². The molecule has 4 heteroatoms. The maximum absolute atomic E-state index is 6.41. The molecule has 1 saturated heterocycles. The van der Waals surface area contributed by atoms with Crippen molar-refractivity contribution in [3.63, 3.8) is 0 Å². The van der Waals surface area contributed by atoms with Crippen molar-refractivity contribution in [2.45, 2.75) is 32.2 Å². The number of nitrogens with two attached hydrogens (primary N) is 1. The van der Waals surface area contributed by atoms with Crippen LogP contribution < -0.4 is 15.2 Å². The standard InChI is InChI=1S/C17H26N2O2/c1-13-4-2-7-19(11-13)12-15(18)14-5-6-16-17(10-14)21-9-3-8-20-16/h5-6,10,13,15H,2-4,7-9,11-12,18H2,1H3. The fourth-order valence-electron chi connectivity index (χ4n) is 3.25. The molecule has 2 atom stereocenters. The number of hydrogen-bond donors (Lipinski definition) is 1. The van der Waals surface area contributed by atoms with E-state index in [1.165, 1.54) is 19.4 Å². The molecule has 0 radical (unpaired) electrons. The van der Waals surface area contributed by atoms with Crippen molar-refractivity contribution < 1.29 is 9.47 Å². The van der Waals surface area contributed by atoms with Gasteiger partial charge >= 0.3 is 0 Å². The summed E-state index contributed by atoms with van der Waals surface area (Å²) in [5.74, 6) is 2.47. The highest BCUT2D eigenvalue weighted by atomic mass is 16.5. The van der Waals surface area contributed by atoms with Gasteiger partial charge < -0.3 is 20.1 Å². The number of nitrogens with zero attached hydrogens (tertiary/aromatic N) is 1. The van der Waals surface area contributed by atoms with Gasteiger partial charge in [0, 0.05) is 25.6 Å².